The standard InChI is InChI=1S/C26H24N2O4/c1-4-32-21-13-9-18(10-14-21)23-24(27-22-8-6-5-7-17(22)2)26(30)28(25(23)29)19-11-15-20(31-3)16-12-19/h5-16,27H,4H2,1-3H3. The van der Waals surface area contributed by atoms with Crippen LogP contribution >= 0.6 is 0 Å². The number of anilines is 2. The molecule has 162 valence electrons. The lowest BCUT2D eigenvalue weighted by molar-refractivity contribution is -0.120. The quantitative estimate of drug-likeness (QED) is 0.548. The van der Waals surface area contributed by atoms with Gasteiger partial charge >= 0.3 is 0 Å². The number of nitrogens with one attached hydrogen (secondary N) is 1. The monoisotopic (exact) mass is 428 g/mol. The number of amides is 2. The van der Waals surface area contributed by atoms with E-state index < -0.39 is 5.91 Å². The third-order valence-corrected chi connectivity index (χ3v) is 5.27. The predicted octanol–water partition coefficient (Wildman–Crippen LogP) is 4.80. The van der Waals surface area contributed by atoms with Gasteiger partial charge in [0.25, 0.3) is 11.8 Å². The minimum absolute atomic E-state index is 0.240. The first kappa shape index (κ1) is 21.2. The molecule has 0 aromatic heterocycles. The number of hydrogen-bond donors (Lipinski definition) is 1. The highest BCUT2D eigenvalue weighted by atomic mass is 16.5. The minimum atomic E-state index is -0.410. The molecule has 0 spiro atoms. The number of carbonyl (C=O) groups excluding carboxylic acids is 2. The largest absolute Gasteiger partial charge is 0.497 e. The maximum atomic E-state index is 13.5. The number of methoxy groups -OCH3 is 1. The van der Waals surface area contributed by atoms with Crippen LogP contribution in [-0.4, -0.2) is 25.5 Å². The van der Waals surface area contributed by atoms with Crippen molar-refractivity contribution in [3.05, 3.63) is 89.6 Å². The van der Waals surface area contributed by atoms with Crippen molar-refractivity contribution in [1.29, 1.82) is 0 Å². The molecular formula is C26H24N2O4. The van der Waals surface area contributed by atoms with E-state index >= 15 is 0 Å². The van der Waals surface area contributed by atoms with E-state index in [1.807, 2.05) is 38.1 Å². The van der Waals surface area contributed by atoms with Crippen LogP contribution in [0.3, 0.4) is 0 Å². The molecule has 3 aromatic rings. The summed E-state index contributed by atoms with van der Waals surface area (Å²) in [7, 11) is 1.57. The maximum Gasteiger partial charge on any atom is 0.282 e. The summed E-state index contributed by atoms with van der Waals surface area (Å²) in [4.78, 5) is 28.2. The lowest BCUT2D eigenvalue weighted by Gasteiger charge is -2.16. The fraction of sp³-hybridized carbons (Fsp3) is 0.154. The Balaban J connectivity index is 1.78. The number of rotatable bonds is 7. The molecule has 2 amide bonds. The Morgan fingerprint density at radius 2 is 1.50 bits per heavy atom. The first-order valence-corrected chi connectivity index (χ1v) is 10.4. The molecule has 4 rings (SSSR count). The van der Waals surface area contributed by atoms with Crippen LogP contribution in [-0.2, 0) is 9.59 Å². The Hall–Kier alpha value is -4.06. The maximum absolute atomic E-state index is 13.5. The van der Waals surface area contributed by atoms with Crippen LogP contribution in [0.25, 0.3) is 5.57 Å². The molecule has 6 nitrogen and oxygen atoms in total. The van der Waals surface area contributed by atoms with E-state index in [4.69, 9.17) is 9.47 Å². The molecule has 3 aromatic carbocycles. The molecule has 0 radical (unpaired) electrons. The van der Waals surface area contributed by atoms with Gasteiger partial charge in [0.15, 0.2) is 0 Å². The van der Waals surface area contributed by atoms with Gasteiger partial charge in [-0.3, -0.25) is 9.59 Å². The van der Waals surface area contributed by atoms with Crippen LogP contribution in [0.1, 0.15) is 18.1 Å². The molecule has 0 aliphatic carbocycles. The van der Waals surface area contributed by atoms with E-state index in [-0.39, 0.29) is 11.6 Å². The van der Waals surface area contributed by atoms with Gasteiger partial charge in [0.1, 0.15) is 17.2 Å². The second kappa shape index (κ2) is 8.98. The normalized spacial score (nSPS) is 13.5. The van der Waals surface area contributed by atoms with Crippen LogP contribution in [0.5, 0.6) is 11.5 Å². The van der Waals surface area contributed by atoms with Crippen LogP contribution in [0.15, 0.2) is 78.5 Å². The summed E-state index contributed by atoms with van der Waals surface area (Å²) >= 11 is 0. The second-order valence-electron chi connectivity index (χ2n) is 7.29. The number of carbonyl (C=O) groups is 2. The fourth-order valence-corrected chi connectivity index (χ4v) is 3.61. The zero-order valence-corrected chi connectivity index (χ0v) is 18.2. The van der Waals surface area contributed by atoms with Crippen molar-refractivity contribution in [2.24, 2.45) is 0 Å². The van der Waals surface area contributed by atoms with E-state index in [9.17, 15) is 9.59 Å². The Morgan fingerprint density at radius 1 is 0.844 bits per heavy atom. The first-order valence-electron chi connectivity index (χ1n) is 10.4. The van der Waals surface area contributed by atoms with Crippen LogP contribution in [0, 0.1) is 6.92 Å². The zero-order chi connectivity index (χ0) is 22.7. The number of ether oxygens (including phenoxy) is 2. The highest BCUT2D eigenvalue weighted by Crippen LogP contribution is 2.35. The van der Waals surface area contributed by atoms with Gasteiger partial charge in [0, 0.05) is 5.69 Å². The molecular weight excluding hydrogens is 404 g/mol. The molecule has 0 unspecified atom stereocenters. The Bertz CT molecular complexity index is 1180. The van der Waals surface area contributed by atoms with Crippen LogP contribution < -0.4 is 19.7 Å². The molecule has 6 heteroatoms. The molecule has 1 heterocycles. The fourth-order valence-electron chi connectivity index (χ4n) is 3.61. The molecule has 1 aliphatic rings. The number of imide groups is 1. The van der Waals surface area contributed by atoms with E-state index in [1.165, 1.54) is 4.90 Å². The lowest BCUT2D eigenvalue weighted by atomic mass is 10.0. The smallest absolute Gasteiger partial charge is 0.282 e. The summed E-state index contributed by atoms with van der Waals surface area (Å²) in [5.41, 5.74) is 3.41. The van der Waals surface area contributed by atoms with Gasteiger partial charge in [-0.2, -0.15) is 0 Å². The predicted molar refractivity (Wildman–Crippen MR) is 125 cm³/mol. The van der Waals surface area contributed by atoms with Crippen molar-refractivity contribution in [3.8, 4) is 11.5 Å². The lowest BCUT2D eigenvalue weighted by Crippen LogP contribution is -2.32. The summed E-state index contributed by atoms with van der Waals surface area (Å²) in [5.74, 6) is 0.549. The van der Waals surface area contributed by atoms with Crippen LogP contribution in [0.4, 0.5) is 11.4 Å². The third kappa shape index (κ3) is 3.95. The van der Waals surface area contributed by atoms with E-state index in [0.717, 1.165) is 11.3 Å². The highest BCUT2D eigenvalue weighted by Gasteiger charge is 2.40. The van der Waals surface area contributed by atoms with Crippen molar-refractivity contribution >= 4 is 28.8 Å². The molecule has 32 heavy (non-hydrogen) atoms. The molecule has 0 atom stereocenters. The number of hydrogen-bond acceptors (Lipinski definition) is 5. The van der Waals surface area contributed by atoms with Gasteiger partial charge in [-0.25, -0.2) is 4.90 Å². The van der Waals surface area contributed by atoms with Gasteiger partial charge in [-0.1, -0.05) is 30.3 Å². The first-order chi connectivity index (χ1) is 15.5. The van der Waals surface area contributed by atoms with Crippen molar-refractivity contribution < 1.29 is 19.1 Å². The number of benzene rings is 3. The van der Waals surface area contributed by atoms with Gasteiger partial charge in [-0.05, 0) is 67.4 Å². The Kier molecular flexibility index (Phi) is 5.94. The number of nitrogens with zero attached hydrogens (tertiary/aromatic N) is 1. The third-order valence-electron chi connectivity index (χ3n) is 5.27. The minimum Gasteiger partial charge on any atom is -0.497 e. The average Bonchev–Trinajstić information content (AvgIpc) is 3.05. The summed E-state index contributed by atoms with van der Waals surface area (Å²) in [5, 5.41) is 3.21. The summed E-state index contributed by atoms with van der Waals surface area (Å²) in [6.45, 7) is 4.40. The summed E-state index contributed by atoms with van der Waals surface area (Å²) in [6.07, 6.45) is 0. The Labute approximate surface area is 187 Å². The van der Waals surface area contributed by atoms with Gasteiger partial charge in [-0.15, -0.1) is 0 Å². The second-order valence-corrected chi connectivity index (χ2v) is 7.29. The molecule has 1 N–H and O–H groups in total. The molecule has 0 saturated heterocycles. The van der Waals surface area contributed by atoms with Gasteiger partial charge < -0.3 is 14.8 Å². The van der Waals surface area contributed by atoms with E-state index in [0.29, 0.717) is 34.9 Å². The summed E-state index contributed by atoms with van der Waals surface area (Å²) < 4.78 is 10.7. The Morgan fingerprint density at radius 3 is 2.12 bits per heavy atom. The molecule has 0 bridgehead atoms. The SMILES string of the molecule is CCOc1ccc(C2=C(Nc3ccccc3C)C(=O)N(c3ccc(OC)cc3)C2=O)cc1. The van der Waals surface area contributed by atoms with Crippen LogP contribution in [0.2, 0.25) is 0 Å². The highest BCUT2D eigenvalue weighted by molar-refractivity contribution is 6.46. The van der Waals surface area contributed by atoms with Crippen molar-refractivity contribution in [2.75, 3.05) is 23.9 Å². The van der Waals surface area contributed by atoms with Gasteiger partial charge in [0.05, 0.1) is 25.0 Å². The zero-order valence-electron chi connectivity index (χ0n) is 18.2. The van der Waals surface area contributed by atoms with E-state index in [2.05, 4.69) is 5.32 Å². The topological polar surface area (TPSA) is 67.9 Å². The number of aryl methyl sites for hydroxylation is 1. The molecule has 0 fully saturated rings. The van der Waals surface area contributed by atoms with Crippen molar-refractivity contribution in [2.45, 2.75) is 13.8 Å². The number of para-hydroxylation sites is 1. The van der Waals surface area contributed by atoms with E-state index in [1.54, 1.807) is 55.6 Å². The molecule has 1 aliphatic heterocycles. The van der Waals surface area contributed by atoms with Gasteiger partial charge in [0.2, 0.25) is 0 Å². The average molecular weight is 428 g/mol. The van der Waals surface area contributed by atoms with Crippen molar-refractivity contribution in [3.63, 3.8) is 0 Å². The molecule has 0 saturated carbocycles. The van der Waals surface area contributed by atoms with Crippen molar-refractivity contribution in [1.82, 2.24) is 0 Å². The summed E-state index contributed by atoms with van der Waals surface area (Å²) in [6, 6.07) is 21.7.